The molecule has 1 aliphatic rings. The minimum Gasteiger partial charge on any atom is -0.446 e. The van der Waals surface area contributed by atoms with Crippen LogP contribution in [-0.2, 0) is 4.74 Å². The quantitative estimate of drug-likeness (QED) is 0.691. The van der Waals surface area contributed by atoms with Crippen LogP contribution in [0.1, 0.15) is 39.0 Å². The zero-order chi connectivity index (χ0) is 10.2. The predicted octanol–water partition coefficient (Wildman–Crippen LogP) is 2.62. The van der Waals surface area contributed by atoms with E-state index in [2.05, 4.69) is 17.5 Å². The van der Waals surface area contributed by atoms with Crippen molar-refractivity contribution in [2.24, 2.45) is 0 Å². The first-order chi connectivity index (χ1) is 6.83. The topological polar surface area (TPSA) is 38.3 Å². The summed E-state index contributed by atoms with van der Waals surface area (Å²) in [4.78, 5) is 11.2. The van der Waals surface area contributed by atoms with Gasteiger partial charge in [0.15, 0.2) is 0 Å². The third-order valence-corrected chi connectivity index (χ3v) is 2.31. The van der Waals surface area contributed by atoms with Gasteiger partial charge in [-0.1, -0.05) is 12.2 Å². The number of carbonyl (C=O) groups excluding carboxylic acids is 1. The molecule has 0 heterocycles. The molecule has 0 spiro atoms. The summed E-state index contributed by atoms with van der Waals surface area (Å²) in [6.07, 6.45) is 9.39. The van der Waals surface area contributed by atoms with E-state index >= 15 is 0 Å². The number of nitrogens with one attached hydrogen (secondary N) is 1. The summed E-state index contributed by atoms with van der Waals surface area (Å²) in [6.45, 7) is 2.52. The fourth-order valence-electron chi connectivity index (χ4n) is 1.58. The molecule has 3 nitrogen and oxygen atoms in total. The van der Waals surface area contributed by atoms with Crippen molar-refractivity contribution in [3.05, 3.63) is 12.2 Å². The highest BCUT2D eigenvalue weighted by Gasteiger charge is 2.13. The third-order valence-electron chi connectivity index (χ3n) is 2.31. The molecule has 0 bridgehead atoms. The summed E-state index contributed by atoms with van der Waals surface area (Å²) < 4.78 is 5.28. The number of carbonyl (C=O) groups is 1. The maximum absolute atomic E-state index is 11.2. The number of alkyl carbamates (subject to hydrolysis) is 1. The zero-order valence-corrected chi connectivity index (χ0v) is 8.79. The first-order valence-electron chi connectivity index (χ1n) is 5.42. The lowest BCUT2D eigenvalue weighted by molar-refractivity contribution is 0.0868. The highest BCUT2D eigenvalue weighted by molar-refractivity contribution is 5.67. The second-order valence-electron chi connectivity index (χ2n) is 3.54. The van der Waals surface area contributed by atoms with Gasteiger partial charge in [0.25, 0.3) is 0 Å². The summed E-state index contributed by atoms with van der Waals surface area (Å²) >= 11 is 0. The molecule has 3 heteroatoms. The smallest absolute Gasteiger partial charge is 0.407 e. The van der Waals surface area contributed by atoms with Gasteiger partial charge in [0.2, 0.25) is 0 Å². The number of rotatable bonds is 2. The summed E-state index contributed by atoms with van der Waals surface area (Å²) in [6, 6.07) is 0. The molecule has 0 radical (unpaired) electrons. The lowest BCUT2D eigenvalue weighted by atomic mass is 10.0. The molecule has 0 fully saturated rings. The highest BCUT2D eigenvalue weighted by atomic mass is 16.6. The van der Waals surface area contributed by atoms with Crippen molar-refractivity contribution in [1.82, 2.24) is 5.32 Å². The van der Waals surface area contributed by atoms with Gasteiger partial charge in [-0.2, -0.15) is 0 Å². The van der Waals surface area contributed by atoms with Gasteiger partial charge in [0.05, 0.1) is 0 Å². The van der Waals surface area contributed by atoms with E-state index in [9.17, 15) is 4.79 Å². The standard InChI is InChI=1S/C11H19NO2/c1-2-12-11(13)14-10-8-6-4-3-5-7-9-10/h3-4,10H,2,5-9H2,1H3,(H,12,13)/b4-3+. The molecule has 1 amide bonds. The fourth-order valence-corrected chi connectivity index (χ4v) is 1.58. The van der Waals surface area contributed by atoms with Crippen LogP contribution in [0.3, 0.4) is 0 Å². The number of hydrogen-bond acceptors (Lipinski definition) is 2. The SMILES string of the molecule is CCNC(=O)OC1CC/C=C/CCC1. The molecular formula is C11H19NO2. The minimum absolute atomic E-state index is 0.103. The van der Waals surface area contributed by atoms with Crippen LogP contribution in [-0.4, -0.2) is 18.7 Å². The molecule has 80 valence electrons. The number of allylic oxidation sites excluding steroid dienone is 2. The van der Waals surface area contributed by atoms with Crippen LogP contribution in [0.25, 0.3) is 0 Å². The summed E-state index contributed by atoms with van der Waals surface area (Å²) in [7, 11) is 0. The zero-order valence-electron chi connectivity index (χ0n) is 8.79. The summed E-state index contributed by atoms with van der Waals surface area (Å²) in [5.41, 5.74) is 0. The molecule has 1 unspecified atom stereocenters. The molecule has 1 atom stereocenters. The first kappa shape index (κ1) is 11.1. The normalized spacial score (nSPS) is 24.5. The van der Waals surface area contributed by atoms with Crippen molar-refractivity contribution >= 4 is 6.09 Å². The Morgan fingerprint density at radius 1 is 1.43 bits per heavy atom. The van der Waals surface area contributed by atoms with Gasteiger partial charge in [0, 0.05) is 6.54 Å². The number of ether oxygens (including phenoxy) is 1. The van der Waals surface area contributed by atoms with Crippen molar-refractivity contribution in [2.75, 3.05) is 6.54 Å². The van der Waals surface area contributed by atoms with Crippen molar-refractivity contribution in [3.8, 4) is 0 Å². The van der Waals surface area contributed by atoms with Crippen LogP contribution in [0.15, 0.2) is 12.2 Å². The Kier molecular flexibility index (Phi) is 5.12. The van der Waals surface area contributed by atoms with Crippen LogP contribution < -0.4 is 5.32 Å². The Morgan fingerprint density at radius 3 is 3.00 bits per heavy atom. The van der Waals surface area contributed by atoms with Gasteiger partial charge in [-0.15, -0.1) is 0 Å². The monoisotopic (exact) mass is 197 g/mol. The van der Waals surface area contributed by atoms with E-state index in [0.717, 1.165) is 32.1 Å². The van der Waals surface area contributed by atoms with Crippen LogP contribution in [0.4, 0.5) is 4.79 Å². The predicted molar refractivity (Wildman–Crippen MR) is 56.2 cm³/mol. The van der Waals surface area contributed by atoms with Gasteiger partial charge < -0.3 is 10.1 Å². The van der Waals surface area contributed by atoms with E-state index in [1.54, 1.807) is 0 Å². The maximum atomic E-state index is 11.2. The summed E-state index contributed by atoms with van der Waals surface area (Å²) in [5, 5.41) is 2.65. The van der Waals surface area contributed by atoms with Crippen molar-refractivity contribution in [3.63, 3.8) is 0 Å². The van der Waals surface area contributed by atoms with E-state index < -0.39 is 0 Å². The molecule has 0 saturated heterocycles. The van der Waals surface area contributed by atoms with Gasteiger partial charge >= 0.3 is 6.09 Å². The summed E-state index contributed by atoms with van der Waals surface area (Å²) in [5.74, 6) is 0. The minimum atomic E-state index is -0.276. The Hall–Kier alpha value is -0.990. The molecule has 0 aromatic heterocycles. The van der Waals surface area contributed by atoms with Crippen molar-refractivity contribution in [1.29, 1.82) is 0 Å². The Balaban J connectivity index is 2.27. The molecule has 0 saturated carbocycles. The Morgan fingerprint density at radius 2 is 2.21 bits per heavy atom. The molecule has 1 aliphatic carbocycles. The highest BCUT2D eigenvalue weighted by Crippen LogP contribution is 2.15. The largest absolute Gasteiger partial charge is 0.446 e. The van der Waals surface area contributed by atoms with Gasteiger partial charge in [-0.05, 0) is 39.0 Å². The molecular weight excluding hydrogens is 178 g/mol. The molecule has 0 aliphatic heterocycles. The second-order valence-corrected chi connectivity index (χ2v) is 3.54. The lowest BCUT2D eigenvalue weighted by Gasteiger charge is -2.18. The van der Waals surface area contributed by atoms with Crippen LogP contribution in [0.2, 0.25) is 0 Å². The molecule has 14 heavy (non-hydrogen) atoms. The van der Waals surface area contributed by atoms with Crippen LogP contribution in [0, 0.1) is 0 Å². The average molecular weight is 197 g/mol. The van der Waals surface area contributed by atoms with Gasteiger partial charge in [-0.25, -0.2) is 4.79 Å². The van der Waals surface area contributed by atoms with Crippen LogP contribution >= 0.6 is 0 Å². The fraction of sp³-hybridized carbons (Fsp3) is 0.727. The van der Waals surface area contributed by atoms with E-state index in [1.165, 1.54) is 0 Å². The average Bonchev–Trinajstić information content (AvgIpc) is 2.10. The number of hydrogen-bond donors (Lipinski definition) is 1. The lowest BCUT2D eigenvalue weighted by Crippen LogP contribution is -2.28. The molecule has 0 aromatic carbocycles. The van der Waals surface area contributed by atoms with E-state index in [0.29, 0.717) is 6.54 Å². The molecule has 0 aromatic rings. The second kappa shape index (κ2) is 6.46. The van der Waals surface area contributed by atoms with Crippen molar-refractivity contribution in [2.45, 2.75) is 45.1 Å². The van der Waals surface area contributed by atoms with E-state index in [4.69, 9.17) is 4.74 Å². The third kappa shape index (κ3) is 4.30. The number of amides is 1. The molecule has 1 rings (SSSR count). The Bertz CT molecular complexity index is 201. The first-order valence-corrected chi connectivity index (χ1v) is 5.42. The van der Waals surface area contributed by atoms with Crippen LogP contribution in [0.5, 0.6) is 0 Å². The van der Waals surface area contributed by atoms with E-state index in [-0.39, 0.29) is 12.2 Å². The Labute approximate surface area is 85.5 Å². The van der Waals surface area contributed by atoms with E-state index in [1.807, 2.05) is 6.92 Å². The maximum Gasteiger partial charge on any atom is 0.407 e. The van der Waals surface area contributed by atoms with Crippen molar-refractivity contribution < 1.29 is 9.53 Å². The van der Waals surface area contributed by atoms with Gasteiger partial charge in [0.1, 0.15) is 6.10 Å². The van der Waals surface area contributed by atoms with Gasteiger partial charge in [-0.3, -0.25) is 0 Å². The molecule has 1 N–H and O–H groups in total.